The molecule has 21 heavy (non-hydrogen) atoms. The molecule has 0 bridgehead atoms. The normalized spacial score (nSPS) is 21.1. The third-order valence-corrected chi connectivity index (χ3v) is 4.65. The number of hydrogen-bond acceptors (Lipinski definition) is 3. The van der Waals surface area contributed by atoms with E-state index in [9.17, 15) is 5.11 Å². The lowest BCUT2D eigenvalue weighted by molar-refractivity contribution is 0.136. The van der Waals surface area contributed by atoms with Crippen molar-refractivity contribution < 1.29 is 14.6 Å². The van der Waals surface area contributed by atoms with E-state index in [4.69, 9.17) is 9.47 Å². The first-order valence-electron chi connectivity index (χ1n) is 8.48. The summed E-state index contributed by atoms with van der Waals surface area (Å²) in [5, 5.41) is 10.4. The summed E-state index contributed by atoms with van der Waals surface area (Å²) in [6.07, 6.45) is 12.4. The van der Waals surface area contributed by atoms with Crippen LogP contribution in [0.15, 0.2) is 18.2 Å². The fourth-order valence-corrected chi connectivity index (χ4v) is 3.42. The van der Waals surface area contributed by atoms with Crippen LogP contribution in [0.3, 0.4) is 0 Å². The Balaban J connectivity index is 1.65. The number of ether oxygens (including phenoxy) is 2. The van der Waals surface area contributed by atoms with Gasteiger partial charge in [0.15, 0.2) is 11.5 Å². The van der Waals surface area contributed by atoms with Gasteiger partial charge in [0.2, 0.25) is 5.75 Å². The van der Waals surface area contributed by atoms with E-state index < -0.39 is 0 Å². The fraction of sp³-hybridized carbons (Fsp3) is 0.667. The van der Waals surface area contributed by atoms with Gasteiger partial charge >= 0.3 is 0 Å². The van der Waals surface area contributed by atoms with Gasteiger partial charge in [0.1, 0.15) is 0 Å². The summed E-state index contributed by atoms with van der Waals surface area (Å²) in [5.74, 6) is 1.33. The molecule has 0 aromatic heterocycles. The first kappa shape index (κ1) is 14.6. The minimum atomic E-state index is 0.175. The van der Waals surface area contributed by atoms with E-state index in [0.29, 0.717) is 11.5 Å². The molecule has 3 nitrogen and oxygen atoms in total. The lowest BCUT2D eigenvalue weighted by Gasteiger charge is -2.26. The van der Waals surface area contributed by atoms with Crippen LogP contribution in [-0.4, -0.2) is 17.3 Å². The zero-order valence-corrected chi connectivity index (χ0v) is 12.7. The van der Waals surface area contributed by atoms with Gasteiger partial charge in [-0.15, -0.1) is 0 Å². The molecular weight excluding hydrogens is 264 g/mol. The molecule has 0 heterocycles. The highest BCUT2D eigenvalue weighted by Gasteiger charge is 2.20. The SMILES string of the molecule is Oc1c(OC2CCCCC2)cccc1OC1CCCCC1. The first-order chi connectivity index (χ1) is 10.3. The van der Waals surface area contributed by atoms with Gasteiger partial charge < -0.3 is 14.6 Å². The van der Waals surface area contributed by atoms with E-state index in [1.165, 1.54) is 38.5 Å². The van der Waals surface area contributed by atoms with Gasteiger partial charge in [0, 0.05) is 0 Å². The topological polar surface area (TPSA) is 38.7 Å². The van der Waals surface area contributed by atoms with Crippen molar-refractivity contribution in [3.8, 4) is 17.2 Å². The van der Waals surface area contributed by atoms with Crippen LogP contribution in [0.2, 0.25) is 0 Å². The average molecular weight is 290 g/mol. The van der Waals surface area contributed by atoms with Crippen LogP contribution in [0.4, 0.5) is 0 Å². The summed E-state index contributed by atoms with van der Waals surface area (Å²) in [6, 6.07) is 5.60. The largest absolute Gasteiger partial charge is 0.502 e. The number of hydrogen-bond donors (Lipinski definition) is 1. The summed E-state index contributed by atoms with van der Waals surface area (Å²) >= 11 is 0. The smallest absolute Gasteiger partial charge is 0.200 e. The molecular formula is C18H26O3. The Kier molecular flexibility index (Phi) is 4.89. The van der Waals surface area contributed by atoms with Crippen molar-refractivity contribution in [3.05, 3.63) is 18.2 Å². The van der Waals surface area contributed by atoms with Gasteiger partial charge in [-0.3, -0.25) is 0 Å². The second kappa shape index (κ2) is 7.06. The van der Waals surface area contributed by atoms with E-state index in [-0.39, 0.29) is 18.0 Å². The Morgan fingerprint density at radius 1 is 0.714 bits per heavy atom. The molecule has 0 spiro atoms. The van der Waals surface area contributed by atoms with E-state index in [1.54, 1.807) is 0 Å². The van der Waals surface area contributed by atoms with Crippen molar-refractivity contribution in [1.82, 2.24) is 0 Å². The molecule has 0 amide bonds. The first-order valence-corrected chi connectivity index (χ1v) is 8.48. The Bertz CT molecular complexity index is 408. The third kappa shape index (κ3) is 3.84. The molecule has 0 atom stereocenters. The van der Waals surface area contributed by atoms with Gasteiger partial charge in [0.25, 0.3) is 0 Å². The molecule has 1 N–H and O–H groups in total. The van der Waals surface area contributed by atoms with E-state index in [2.05, 4.69) is 0 Å². The van der Waals surface area contributed by atoms with E-state index >= 15 is 0 Å². The predicted octanol–water partition coefficient (Wildman–Crippen LogP) is 4.82. The van der Waals surface area contributed by atoms with Crippen LogP contribution >= 0.6 is 0 Å². The number of aromatic hydroxyl groups is 1. The van der Waals surface area contributed by atoms with Crippen molar-refractivity contribution in [2.45, 2.75) is 76.4 Å². The summed E-state index contributed by atoms with van der Waals surface area (Å²) in [6.45, 7) is 0. The van der Waals surface area contributed by atoms with Crippen LogP contribution in [0.5, 0.6) is 17.2 Å². The minimum absolute atomic E-state index is 0.175. The third-order valence-electron chi connectivity index (χ3n) is 4.65. The van der Waals surface area contributed by atoms with Gasteiger partial charge in [-0.25, -0.2) is 0 Å². The summed E-state index contributed by atoms with van der Waals surface area (Å²) < 4.78 is 12.0. The molecule has 2 fully saturated rings. The maximum Gasteiger partial charge on any atom is 0.200 e. The van der Waals surface area contributed by atoms with E-state index in [0.717, 1.165) is 25.7 Å². The summed E-state index contributed by atoms with van der Waals surface area (Å²) in [7, 11) is 0. The Morgan fingerprint density at radius 3 is 1.57 bits per heavy atom. The van der Waals surface area contributed by atoms with Crippen LogP contribution in [0.25, 0.3) is 0 Å². The standard InChI is InChI=1S/C18H26O3/c19-18-16(20-14-8-3-1-4-9-14)12-7-13-17(18)21-15-10-5-2-6-11-15/h7,12-15,19H,1-6,8-11H2. The van der Waals surface area contributed by atoms with Crippen LogP contribution < -0.4 is 9.47 Å². The zero-order valence-electron chi connectivity index (χ0n) is 12.7. The highest BCUT2D eigenvalue weighted by atomic mass is 16.5. The molecule has 2 saturated carbocycles. The van der Waals surface area contributed by atoms with Crippen LogP contribution in [0, 0.1) is 0 Å². The van der Waals surface area contributed by atoms with Crippen LogP contribution in [-0.2, 0) is 0 Å². The molecule has 0 saturated heterocycles. The molecule has 0 unspecified atom stereocenters. The van der Waals surface area contributed by atoms with Crippen molar-refractivity contribution in [3.63, 3.8) is 0 Å². The Hall–Kier alpha value is -1.38. The number of benzene rings is 1. The molecule has 3 heteroatoms. The Labute approximate surface area is 127 Å². The van der Waals surface area contributed by atoms with E-state index in [1.807, 2.05) is 18.2 Å². The minimum Gasteiger partial charge on any atom is -0.502 e. The highest BCUT2D eigenvalue weighted by Crippen LogP contribution is 2.39. The molecule has 3 rings (SSSR count). The lowest BCUT2D eigenvalue weighted by Crippen LogP contribution is -2.21. The molecule has 0 radical (unpaired) electrons. The number of phenols is 1. The average Bonchev–Trinajstić information content (AvgIpc) is 2.53. The monoisotopic (exact) mass is 290 g/mol. The number of para-hydroxylation sites is 1. The van der Waals surface area contributed by atoms with Gasteiger partial charge in [-0.2, -0.15) is 0 Å². The van der Waals surface area contributed by atoms with Crippen LogP contribution in [0.1, 0.15) is 64.2 Å². The number of rotatable bonds is 4. The molecule has 1 aromatic rings. The zero-order chi connectivity index (χ0) is 14.5. The summed E-state index contributed by atoms with van der Waals surface area (Å²) in [5.41, 5.74) is 0. The second-order valence-corrected chi connectivity index (χ2v) is 6.36. The van der Waals surface area contributed by atoms with Crippen molar-refractivity contribution in [1.29, 1.82) is 0 Å². The summed E-state index contributed by atoms with van der Waals surface area (Å²) in [4.78, 5) is 0. The maximum absolute atomic E-state index is 10.4. The van der Waals surface area contributed by atoms with Crippen molar-refractivity contribution in [2.24, 2.45) is 0 Å². The molecule has 1 aromatic carbocycles. The molecule has 2 aliphatic rings. The quantitative estimate of drug-likeness (QED) is 0.864. The highest BCUT2D eigenvalue weighted by molar-refractivity contribution is 5.50. The van der Waals surface area contributed by atoms with Crippen molar-refractivity contribution in [2.75, 3.05) is 0 Å². The molecule has 0 aliphatic heterocycles. The molecule has 2 aliphatic carbocycles. The van der Waals surface area contributed by atoms with Gasteiger partial charge in [0.05, 0.1) is 12.2 Å². The molecule has 116 valence electrons. The van der Waals surface area contributed by atoms with Gasteiger partial charge in [-0.05, 0) is 63.5 Å². The fourth-order valence-electron chi connectivity index (χ4n) is 3.42. The van der Waals surface area contributed by atoms with Crippen molar-refractivity contribution >= 4 is 0 Å². The predicted molar refractivity (Wildman–Crippen MR) is 83.1 cm³/mol. The number of phenolic OH excluding ortho intramolecular Hbond substituents is 1. The van der Waals surface area contributed by atoms with Gasteiger partial charge in [-0.1, -0.05) is 18.9 Å². The second-order valence-electron chi connectivity index (χ2n) is 6.36. The lowest BCUT2D eigenvalue weighted by atomic mass is 9.97. The Morgan fingerprint density at radius 2 is 1.14 bits per heavy atom. The maximum atomic E-state index is 10.4.